The highest BCUT2D eigenvalue weighted by atomic mass is 79.9. The molecule has 0 aliphatic carbocycles. The highest BCUT2D eigenvalue weighted by molar-refractivity contribution is 9.10. The number of aromatic nitrogens is 2. The van der Waals surface area contributed by atoms with Crippen molar-refractivity contribution in [3.8, 4) is 11.4 Å². The van der Waals surface area contributed by atoms with E-state index in [0.29, 0.717) is 10.4 Å². The van der Waals surface area contributed by atoms with Gasteiger partial charge in [0.25, 0.3) is 0 Å². The van der Waals surface area contributed by atoms with E-state index in [-0.39, 0.29) is 5.82 Å². The van der Waals surface area contributed by atoms with Crippen molar-refractivity contribution in [2.45, 2.75) is 20.4 Å². The minimum Gasteiger partial charge on any atom is -0.341 e. The molecule has 3 nitrogen and oxygen atoms in total. The van der Waals surface area contributed by atoms with E-state index < -0.39 is 0 Å². The molecule has 1 heterocycles. The molecule has 5 heteroatoms. The summed E-state index contributed by atoms with van der Waals surface area (Å²) in [4.78, 5) is 7.55. The number of aromatic amines is 1. The predicted octanol–water partition coefficient (Wildman–Crippen LogP) is 3.72. The molecule has 0 fully saturated rings. The molecule has 0 bridgehead atoms. The topological polar surface area (TPSA) is 40.7 Å². The number of benzene rings is 1. The van der Waals surface area contributed by atoms with Crippen molar-refractivity contribution in [1.82, 2.24) is 15.3 Å². The molecule has 0 aliphatic rings. The third-order valence-corrected chi connectivity index (χ3v) is 3.30. The van der Waals surface area contributed by atoms with E-state index in [1.54, 1.807) is 18.3 Å². The first-order chi connectivity index (χ1) is 9.06. The van der Waals surface area contributed by atoms with Crippen molar-refractivity contribution in [3.05, 3.63) is 40.4 Å². The summed E-state index contributed by atoms with van der Waals surface area (Å²) in [7, 11) is 0. The zero-order valence-electron chi connectivity index (χ0n) is 11.0. The van der Waals surface area contributed by atoms with Gasteiger partial charge in [0.05, 0.1) is 4.47 Å². The van der Waals surface area contributed by atoms with Crippen molar-refractivity contribution < 1.29 is 4.39 Å². The Morgan fingerprint density at radius 3 is 2.89 bits per heavy atom. The monoisotopic (exact) mass is 325 g/mol. The molecule has 19 heavy (non-hydrogen) atoms. The van der Waals surface area contributed by atoms with Gasteiger partial charge in [0.1, 0.15) is 11.6 Å². The van der Waals surface area contributed by atoms with Crippen LogP contribution in [0.3, 0.4) is 0 Å². The van der Waals surface area contributed by atoms with Crippen LogP contribution in [0.15, 0.2) is 28.9 Å². The Morgan fingerprint density at radius 2 is 2.21 bits per heavy atom. The van der Waals surface area contributed by atoms with Gasteiger partial charge in [-0.05, 0) is 46.6 Å². The SMILES string of the molecule is CC(C)CNCc1cnc(-c2ccc(F)c(Br)c2)[nH]1. The van der Waals surface area contributed by atoms with E-state index in [4.69, 9.17) is 0 Å². The molecule has 0 amide bonds. The number of hydrogen-bond donors (Lipinski definition) is 2. The summed E-state index contributed by atoms with van der Waals surface area (Å²) in [6, 6.07) is 4.86. The largest absolute Gasteiger partial charge is 0.341 e. The van der Waals surface area contributed by atoms with E-state index >= 15 is 0 Å². The van der Waals surface area contributed by atoms with Gasteiger partial charge in [0.15, 0.2) is 0 Å². The first-order valence-corrected chi connectivity index (χ1v) is 7.05. The number of halogens is 2. The zero-order chi connectivity index (χ0) is 13.8. The van der Waals surface area contributed by atoms with Gasteiger partial charge < -0.3 is 10.3 Å². The fourth-order valence-electron chi connectivity index (χ4n) is 1.73. The zero-order valence-corrected chi connectivity index (χ0v) is 12.6. The van der Waals surface area contributed by atoms with Crippen LogP contribution in [0, 0.1) is 11.7 Å². The van der Waals surface area contributed by atoms with Crippen LogP contribution >= 0.6 is 15.9 Å². The van der Waals surface area contributed by atoms with Crippen molar-refractivity contribution >= 4 is 15.9 Å². The number of hydrogen-bond acceptors (Lipinski definition) is 2. The summed E-state index contributed by atoms with van der Waals surface area (Å²) >= 11 is 3.18. The minimum absolute atomic E-state index is 0.269. The van der Waals surface area contributed by atoms with Crippen LogP contribution in [-0.2, 0) is 6.54 Å². The molecular weight excluding hydrogens is 309 g/mol. The average Bonchev–Trinajstić information content (AvgIpc) is 2.81. The number of nitrogens with one attached hydrogen (secondary N) is 2. The lowest BCUT2D eigenvalue weighted by atomic mass is 10.2. The van der Waals surface area contributed by atoms with Gasteiger partial charge in [-0.25, -0.2) is 9.37 Å². The van der Waals surface area contributed by atoms with Crippen LogP contribution in [0.5, 0.6) is 0 Å². The summed E-state index contributed by atoms with van der Waals surface area (Å²) in [6.07, 6.45) is 1.81. The van der Waals surface area contributed by atoms with Crippen molar-refractivity contribution in [2.75, 3.05) is 6.54 Å². The maximum Gasteiger partial charge on any atom is 0.137 e. The molecule has 0 saturated carbocycles. The second-order valence-corrected chi connectivity index (χ2v) is 5.77. The molecule has 102 valence electrons. The maximum atomic E-state index is 13.2. The van der Waals surface area contributed by atoms with E-state index in [1.807, 2.05) is 0 Å². The summed E-state index contributed by atoms with van der Waals surface area (Å²) in [5.74, 6) is 1.10. The van der Waals surface area contributed by atoms with Gasteiger partial charge in [-0.1, -0.05) is 13.8 Å². The molecule has 0 radical (unpaired) electrons. The molecule has 1 aromatic carbocycles. The van der Waals surface area contributed by atoms with Gasteiger partial charge >= 0.3 is 0 Å². The van der Waals surface area contributed by atoms with Gasteiger partial charge in [-0.15, -0.1) is 0 Å². The molecule has 0 unspecified atom stereocenters. The lowest BCUT2D eigenvalue weighted by Crippen LogP contribution is -2.19. The maximum absolute atomic E-state index is 13.2. The Morgan fingerprint density at radius 1 is 1.42 bits per heavy atom. The smallest absolute Gasteiger partial charge is 0.137 e. The Labute approximate surface area is 120 Å². The number of nitrogens with zero attached hydrogens (tertiary/aromatic N) is 1. The first-order valence-electron chi connectivity index (χ1n) is 6.26. The summed E-state index contributed by atoms with van der Waals surface area (Å²) < 4.78 is 13.6. The molecule has 0 saturated heterocycles. The lowest BCUT2D eigenvalue weighted by Gasteiger charge is -2.05. The van der Waals surface area contributed by atoms with Crippen LogP contribution in [0.25, 0.3) is 11.4 Å². The standard InChI is InChI=1S/C14H17BrFN3/c1-9(2)6-17-7-11-8-18-14(19-11)10-3-4-13(16)12(15)5-10/h3-5,8-9,17H,6-7H2,1-2H3,(H,18,19). The highest BCUT2D eigenvalue weighted by Gasteiger charge is 2.06. The molecule has 0 spiro atoms. The van der Waals surface area contributed by atoms with Crippen LogP contribution in [0.2, 0.25) is 0 Å². The minimum atomic E-state index is -0.269. The Hall–Kier alpha value is -1.20. The Bertz CT molecular complexity index is 551. The third-order valence-electron chi connectivity index (χ3n) is 2.69. The van der Waals surface area contributed by atoms with Crippen LogP contribution in [0.1, 0.15) is 19.5 Å². The molecule has 2 rings (SSSR count). The quantitative estimate of drug-likeness (QED) is 0.879. The van der Waals surface area contributed by atoms with E-state index in [0.717, 1.165) is 30.2 Å². The Balaban J connectivity index is 2.05. The van der Waals surface area contributed by atoms with E-state index in [1.165, 1.54) is 6.07 Å². The number of imidazole rings is 1. The van der Waals surface area contributed by atoms with Gasteiger partial charge in [-0.2, -0.15) is 0 Å². The number of rotatable bonds is 5. The highest BCUT2D eigenvalue weighted by Crippen LogP contribution is 2.23. The van der Waals surface area contributed by atoms with Crippen LogP contribution in [0.4, 0.5) is 4.39 Å². The molecular formula is C14H17BrFN3. The normalized spacial score (nSPS) is 11.2. The fourth-order valence-corrected chi connectivity index (χ4v) is 2.11. The molecule has 2 N–H and O–H groups in total. The second-order valence-electron chi connectivity index (χ2n) is 4.91. The van der Waals surface area contributed by atoms with Gasteiger partial charge in [0.2, 0.25) is 0 Å². The van der Waals surface area contributed by atoms with Crippen LogP contribution < -0.4 is 5.32 Å². The molecule has 1 aromatic heterocycles. The first kappa shape index (κ1) is 14.2. The number of H-pyrrole nitrogens is 1. The molecule has 2 aromatic rings. The summed E-state index contributed by atoms with van der Waals surface area (Å²) in [6.45, 7) is 6.06. The molecule has 0 atom stereocenters. The summed E-state index contributed by atoms with van der Waals surface area (Å²) in [5.41, 5.74) is 1.89. The van der Waals surface area contributed by atoms with E-state index in [9.17, 15) is 4.39 Å². The predicted molar refractivity (Wildman–Crippen MR) is 78.2 cm³/mol. The average molecular weight is 326 g/mol. The lowest BCUT2D eigenvalue weighted by molar-refractivity contribution is 0.549. The third kappa shape index (κ3) is 3.88. The van der Waals surface area contributed by atoms with Crippen molar-refractivity contribution in [2.24, 2.45) is 5.92 Å². The van der Waals surface area contributed by atoms with Crippen molar-refractivity contribution in [3.63, 3.8) is 0 Å². The van der Waals surface area contributed by atoms with Gasteiger partial charge in [-0.3, -0.25) is 0 Å². The van der Waals surface area contributed by atoms with Crippen molar-refractivity contribution in [1.29, 1.82) is 0 Å². The summed E-state index contributed by atoms with van der Waals surface area (Å²) in [5, 5.41) is 3.35. The fraction of sp³-hybridized carbons (Fsp3) is 0.357. The second kappa shape index (κ2) is 6.30. The van der Waals surface area contributed by atoms with Gasteiger partial charge in [0, 0.05) is 24.0 Å². The van der Waals surface area contributed by atoms with Crippen LogP contribution in [-0.4, -0.2) is 16.5 Å². The van der Waals surface area contributed by atoms with E-state index in [2.05, 4.69) is 45.1 Å². The Kier molecular flexibility index (Phi) is 4.71. The molecule has 0 aliphatic heterocycles.